The van der Waals surface area contributed by atoms with Crippen LogP contribution in [0.2, 0.25) is 0 Å². The van der Waals surface area contributed by atoms with Gasteiger partial charge in [0.15, 0.2) is 5.96 Å². The fourth-order valence-electron chi connectivity index (χ4n) is 1.77. The molecule has 0 saturated heterocycles. The van der Waals surface area contributed by atoms with Crippen molar-refractivity contribution in [2.24, 2.45) is 27.2 Å². The van der Waals surface area contributed by atoms with Gasteiger partial charge >= 0.3 is 0 Å². The number of hydrogen-bond donors (Lipinski definition) is 5. The molecule has 8 nitrogen and oxygen atoms in total. The number of nitrogens with two attached hydrogens (primary N) is 3. The summed E-state index contributed by atoms with van der Waals surface area (Å²) in [6.07, 6.45) is 0. The van der Waals surface area contributed by atoms with Gasteiger partial charge in [0.05, 0.1) is 11.3 Å². The van der Waals surface area contributed by atoms with E-state index in [4.69, 9.17) is 17.2 Å². The summed E-state index contributed by atoms with van der Waals surface area (Å²) in [5.41, 5.74) is 17.2. The highest BCUT2D eigenvalue weighted by Crippen LogP contribution is 2.20. The summed E-state index contributed by atoms with van der Waals surface area (Å²) in [4.78, 5) is 19.6. The number of rotatable bonds is 3. The van der Waals surface area contributed by atoms with Gasteiger partial charge in [0.25, 0.3) is 5.91 Å². The molecule has 0 unspecified atom stereocenters. The molecule has 118 valence electrons. The van der Waals surface area contributed by atoms with E-state index in [2.05, 4.69) is 15.3 Å². The maximum absolute atomic E-state index is 12.1. The average molecular weight is 312 g/mol. The Bertz CT molecular complexity index is 764. The summed E-state index contributed by atoms with van der Waals surface area (Å²) in [5.74, 6) is -0.760. The lowest BCUT2D eigenvalue weighted by molar-refractivity contribution is 0.102. The first-order chi connectivity index (χ1) is 11.0. The Kier molecular flexibility index (Phi) is 4.78. The maximum atomic E-state index is 12.1. The lowest BCUT2D eigenvalue weighted by Gasteiger charge is -2.07. The number of aliphatic imine (C=N–C) groups is 2. The third-order valence-corrected chi connectivity index (χ3v) is 2.76. The molecule has 0 atom stereocenters. The fraction of sp³-hybridized carbons (Fsp3) is 0. The van der Waals surface area contributed by atoms with Crippen molar-refractivity contribution in [3.63, 3.8) is 0 Å². The maximum Gasteiger partial charge on any atom is 0.259 e. The van der Waals surface area contributed by atoms with Crippen LogP contribution in [0.15, 0.2) is 58.5 Å². The zero-order chi connectivity index (χ0) is 16.8. The minimum Gasteiger partial charge on any atom is -0.507 e. The van der Waals surface area contributed by atoms with Gasteiger partial charge in [-0.1, -0.05) is 12.1 Å². The molecule has 0 heterocycles. The first-order valence-corrected chi connectivity index (χ1v) is 6.59. The number of nitrogens with zero attached hydrogens (tertiary/aromatic N) is 2. The van der Waals surface area contributed by atoms with Crippen LogP contribution >= 0.6 is 0 Å². The number of para-hydroxylation sites is 1. The lowest BCUT2D eigenvalue weighted by Crippen LogP contribution is -2.26. The summed E-state index contributed by atoms with van der Waals surface area (Å²) >= 11 is 0. The van der Waals surface area contributed by atoms with Gasteiger partial charge in [0.2, 0.25) is 5.96 Å². The van der Waals surface area contributed by atoms with Crippen LogP contribution in [0.3, 0.4) is 0 Å². The van der Waals surface area contributed by atoms with E-state index in [0.717, 1.165) is 0 Å². The van der Waals surface area contributed by atoms with Crippen LogP contribution in [-0.4, -0.2) is 22.9 Å². The topological polar surface area (TPSA) is 152 Å². The molecule has 0 bridgehead atoms. The van der Waals surface area contributed by atoms with E-state index < -0.39 is 5.91 Å². The van der Waals surface area contributed by atoms with Crippen molar-refractivity contribution in [3.8, 4) is 5.75 Å². The Balaban J connectivity index is 2.10. The van der Waals surface area contributed by atoms with Crippen molar-refractivity contribution in [1.29, 1.82) is 0 Å². The second-order valence-electron chi connectivity index (χ2n) is 4.52. The standard InChI is InChI=1S/C15H16N6O2/c16-14(17)21-15(18)20-10-7-5-9(6-8-10)19-13(23)11-3-1-2-4-12(11)22/h1-8,22H,(H,19,23)(H6,16,17,18,20,21). The van der Waals surface area contributed by atoms with Crippen molar-refractivity contribution in [3.05, 3.63) is 54.1 Å². The molecule has 0 saturated carbocycles. The van der Waals surface area contributed by atoms with Gasteiger partial charge in [-0.25, -0.2) is 4.99 Å². The van der Waals surface area contributed by atoms with E-state index in [-0.39, 0.29) is 23.2 Å². The first-order valence-electron chi connectivity index (χ1n) is 6.59. The summed E-state index contributed by atoms with van der Waals surface area (Å²) in [5, 5.41) is 12.3. The monoisotopic (exact) mass is 312 g/mol. The molecule has 23 heavy (non-hydrogen) atoms. The van der Waals surface area contributed by atoms with Gasteiger partial charge in [-0.2, -0.15) is 4.99 Å². The number of amides is 1. The highest BCUT2D eigenvalue weighted by molar-refractivity contribution is 6.06. The molecule has 0 radical (unpaired) electrons. The second-order valence-corrected chi connectivity index (χ2v) is 4.52. The number of guanidine groups is 2. The zero-order valence-electron chi connectivity index (χ0n) is 12.1. The lowest BCUT2D eigenvalue weighted by atomic mass is 10.2. The molecule has 2 rings (SSSR count). The predicted molar refractivity (Wildman–Crippen MR) is 89.6 cm³/mol. The van der Waals surface area contributed by atoms with Crippen LogP contribution in [0.4, 0.5) is 11.4 Å². The van der Waals surface area contributed by atoms with E-state index in [1.54, 1.807) is 36.4 Å². The van der Waals surface area contributed by atoms with Crippen LogP contribution in [0.5, 0.6) is 5.75 Å². The zero-order valence-corrected chi connectivity index (χ0v) is 12.1. The Morgan fingerprint density at radius 1 is 1.00 bits per heavy atom. The minimum absolute atomic E-state index is 0.0732. The van der Waals surface area contributed by atoms with Crippen LogP contribution in [-0.2, 0) is 0 Å². The number of benzene rings is 2. The molecule has 0 aliphatic heterocycles. The second kappa shape index (κ2) is 6.94. The molecule has 0 spiro atoms. The minimum atomic E-state index is -0.417. The van der Waals surface area contributed by atoms with Crippen molar-refractivity contribution >= 4 is 29.2 Å². The SMILES string of the molecule is NC(N)=NC(N)=Nc1ccc(NC(=O)c2ccccc2O)cc1. The number of nitrogens with one attached hydrogen (secondary N) is 1. The number of anilines is 1. The number of phenols is 1. The molecule has 0 aliphatic rings. The quantitative estimate of drug-likeness (QED) is 0.420. The smallest absolute Gasteiger partial charge is 0.259 e. The third-order valence-electron chi connectivity index (χ3n) is 2.76. The molecule has 8 N–H and O–H groups in total. The van der Waals surface area contributed by atoms with E-state index in [1.807, 2.05) is 0 Å². The molecule has 2 aromatic carbocycles. The first kappa shape index (κ1) is 15.8. The molecule has 8 heteroatoms. The van der Waals surface area contributed by atoms with Crippen molar-refractivity contribution in [1.82, 2.24) is 0 Å². The molecule has 0 aliphatic carbocycles. The third kappa shape index (κ3) is 4.46. The van der Waals surface area contributed by atoms with E-state index in [9.17, 15) is 9.90 Å². The van der Waals surface area contributed by atoms with E-state index >= 15 is 0 Å². The normalized spacial score (nSPS) is 10.9. The molecule has 0 aromatic heterocycles. The highest BCUT2D eigenvalue weighted by atomic mass is 16.3. The summed E-state index contributed by atoms with van der Waals surface area (Å²) in [6, 6.07) is 12.8. The fourth-order valence-corrected chi connectivity index (χ4v) is 1.77. The van der Waals surface area contributed by atoms with Gasteiger partial charge in [0, 0.05) is 5.69 Å². The number of carbonyl (C=O) groups is 1. The Hall–Kier alpha value is -3.55. The molecule has 1 amide bonds. The number of hydrogen-bond acceptors (Lipinski definition) is 3. The van der Waals surface area contributed by atoms with Crippen LogP contribution < -0.4 is 22.5 Å². The van der Waals surface area contributed by atoms with Gasteiger partial charge in [-0.3, -0.25) is 4.79 Å². The Morgan fingerprint density at radius 3 is 2.26 bits per heavy atom. The van der Waals surface area contributed by atoms with Crippen LogP contribution in [0.1, 0.15) is 10.4 Å². The van der Waals surface area contributed by atoms with Gasteiger partial charge < -0.3 is 27.6 Å². The van der Waals surface area contributed by atoms with Crippen molar-refractivity contribution < 1.29 is 9.90 Å². The predicted octanol–water partition coefficient (Wildman–Crippen LogP) is 0.864. The summed E-state index contributed by atoms with van der Waals surface area (Å²) < 4.78 is 0. The molecular formula is C15H16N6O2. The molecule has 0 fully saturated rings. The number of carbonyl (C=O) groups excluding carboxylic acids is 1. The summed E-state index contributed by atoms with van der Waals surface area (Å²) in [6.45, 7) is 0. The van der Waals surface area contributed by atoms with Crippen molar-refractivity contribution in [2.45, 2.75) is 0 Å². The Morgan fingerprint density at radius 2 is 1.65 bits per heavy atom. The average Bonchev–Trinajstić information content (AvgIpc) is 2.48. The van der Waals surface area contributed by atoms with Gasteiger partial charge in [-0.05, 0) is 36.4 Å². The summed E-state index contributed by atoms with van der Waals surface area (Å²) in [7, 11) is 0. The number of phenolic OH excluding ortho intramolecular Hbond substituents is 1. The molecule has 2 aromatic rings. The van der Waals surface area contributed by atoms with Crippen LogP contribution in [0, 0.1) is 0 Å². The highest BCUT2D eigenvalue weighted by Gasteiger charge is 2.10. The largest absolute Gasteiger partial charge is 0.507 e. The van der Waals surface area contributed by atoms with E-state index in [1.165, 1.54) is 12.1 Å². The van der Waals surface area contributed by atoms with Gasteiger partial charge in [-0.15, -0.1) is 0 Å². The van der Waals surface area contributed by atoms with E-state index in [0.29, 0.717) is 11.4 Å². The molecular weight excluding hydrogens is 296 g/mol. The van der Waals surface area contributed by atoms with Crippen molar-refractivity contribution in [2.75, 3.05) is 5.32 Å². The Labute approximate surface area is 132 Å². The van der Waals surface area contributed by atoms with Crippen LogP contribution in [0.25, 0.3) is 0 Å². The van der Waals surface area contributed by atoms with Gasteiger partial charge in [0.1, 0.15) is 5.75 Å². The number of aromatic hydroxyl groups is 1.